The number of carboxylic acid groups (broad SMARTS) is 1. The molecule has 2 aromatic rings. The SMILES string of the molecule is Cc1ccccc1C1CN(Cc2ccc(C(=O)O)cc2)C(C)CO1. The number of hydrogen-bond acceptors (Lipinski definition) is 3. The van der Waals surface area contributed by atoms with Crippen LogP contribution in [-0.4, -0.2) is 35.2 Å². The first-order chi connectivity index (χ1) is 11.5. The van der Waals surface area contributed by atoms with E-state index in [0.717, 1.165) is 18.7 Å². The van der Waals surface area contributed by atoms with Gasteiger partial charge in [-0.1, -0.05) is 36.4 Å². The van der Waals surface area contributed by atoms with Gasteiger partial charge in [-0.05, 0) is 42.7 Å². The second-order valence-corrected chi connectivity index (χ2v) is 6.46. The molecule has 1 aliphatic rings. The van der Waals surface area contributed by atoms with Crippen molar-refractivity contribution in [2.45, 2.75) is 32.5 Å². The molecule has 1 aliphatic heterocycles. The first-order valence-corrected chi connectivity index (χ1v) is 8.28. The van der Waals surface area contributed by atoms with Crippen LogP contribution in [0.3, 0.4) is 0 Å². The first-order valence-electron chi connectivity index (χ1n) is 8.28. The van der Waals surface area contributed by atoms with E-state index < -0.39 is 5.97 Å². The average Bonchev–Trinajstić information content (AvgIpc) is 2.58. The Morgan fingerprint density at radius 2 is 1.92 bits per heavy atom. The minimum absolute atomic E-state index is 0.0840. The number of ether oxygens (including phenoxy) is 1. The molecule has 1 fully saturated rings. The molecule has 1 N–H and O–H groups in total. The molecule has 2 atom stereocenters. The zero-order valence-electron chi connectivity index (χ0n) is 14.1. The molecule has 126 valence electrons. The van der Waals surface area contributed by atoms with Crippen LogP contribution in [0.15, 0.2) is 48.5 Å². The van der Waals surface area contributed by atoms with Crippen LogP contribution in [0.2, 0.25) is 0 Å². The van der Waals surface area contributed by atoms with Crippen LogP contribution in [0.5, 0.6) is 0 Å². The van der Waals surface area contributed by atoms with Crippen molar-refractivity contribution < 1.29 is 14.6 Å². The van der Waals surface area contributed by atoms with Gasteiger partial charge in [-0.25, -0.2) is 4.79 Å². The van der Waals surface area contributed by atoms with Crippen LogP contribution in [0.1, 0.15) is 40.1 Å². The van der Waals surface area contributed by atoms with E-state index >= 15 is 0 Å². The largest absolute Gasteiger partial charge is 0.478 e. The van der Waals surface area contributed by atoms with Gasteiger partial charge in [0.25, 0.3) is 0 Å². The first kappa shape index (κ1) is 16.7. The normalized spacial score (nSPS) is 21.6. The quantitative estimate of drug-likeness (QED) is 0.932. The van der Waals surface area contributed by atoms with Crippen molar-refractivity contribution in [1.29, 1.82) is 0 Å². The molecule has 4 heteroatoms. The highest BCUT2D eigenvalue weighted by Gasteiger charge is 2.27. The minimum Gasteiger partial charge on any atom is -0.478 e. The van der Waals surface area contributed by atoms with Crippen molar-refractivity contribution in [2.75, 3.05) is 13.2 Å². The molecule has 0 saturated carbocycles. The van der Waals surface area contributed by atoms with E-state index in [1.165, 1.54) is 11.1 Å². The van der Waals surface area contributed by atoms with Gasteiger partial charge in [0.1, 0.15) is 0 Å². The fourth-order valence-electron chi connectivity index (χ4n) is 3.15. The molecule has 0 radical (unpaired) electrons. The molecule has 0 aromatic heterocycles. The molecule has 24 heavy (non-hydrogen) atoms. The Bertz CT molecular complexity index is 711. The molecule has 1 saturated heterocycles. The van der Waals surface area contributed by atoms with Crippen molar-refractivity contribution >= 4 is 5.97 Å². The van der Waals surface area contributed by atoms with Crippen LogP contribution in [0.4, 0.5) is 0 Å². The Kier molecular flexibility index (Phi) is 4.97. The Balaban J connectivity index is 1.72. The molecule has 0 bridgehead atoms. The second-order valence-electron chi connectivity index (χ2n) is 6.46. The molecule has 0 spiro atoms. The van der Waals surface area contributed by atoms with Gasteiger partial charge in [-0.3, -0.25) is 4.90 Å². The van der Waals surface area contributed by atoms with E-state index in [-0.39, 0.29) is 6.10 Å². The van der Waals surface area contributed by atoms with Gasteiger partial charge in [-0.2, -0.15) is 0 Å². The summed E-state index contributed by atoms with van der Waals surface area (Å²) in [5.41, 5.74) is 3.95. The summed E-state index contributed by atoms with van der Waals surface area (Å²) in [5, 5.41) is 9.00. The fourth-order valence-corrected chi connectivity index (χ4v) is 3.15. The Morgan fingerprint density at radius 1 is 1.21 bits per heavy atom. The lowest BCUT2D eigenvalue weighted by atomic mass is 10.0. The Morgan fingerprint density at radius 3 is 2.58 bits per heavy atom. The van der Waals surface area contributed by atoms with Gasteiger partial charge >= 0.3 is 5.97 Å². The number of morpholine rings is 1. The summed E-state index contributed by atoms with van der Waals surface area (Å²) in [6.45, 7) is 6.62. The van der Waals surface area contributed by atoms with Gasteiger partial charge < -0.3 is 9.84 Å². The van der Waals surface area contributed by atoms with Crippen molar-refractivity contribution in [3.05, 3.63) is 70.8 Å². The van der Waals surface area contributed by atoms with E-state index in [2.05, 4.69) is 36.9 Å². The standard InChI is InChI=1S/C20H23NO3/c1-14-5-3-4-6-18(14)19-12-21(15(2)13-24-19)11-16-7-9-17(10-8-16)20(22)23/h3-10,15,19H,11-13H2,1-2H3,(H,22,23). The number of carboxylic acids is 1. The number of benzene rings is 2. The minimum atomic E-state index is -0.888. The lowest BCUT2D eigenvalue weighted by molar-refractivity contribution is -0.0635. The number of rotatable bonds is 4. The molecule has 0 amide bonds. The summed E-state index contributed by atoms with van der Waals surface area (Å²) < 4.78 is 6.06. The maximum Gasteiger partial charge on any atom is 0.335 e. The van der Waals surface area contributed by atoms with Crippen LogP contribution < -0.4 is 0 Å². The molecule has 2 aromatic carbocycles. The van der Waals surface area contributed by atoms with Crippen molar-refractivity contribution in [2.24, 2.45) is 0 Å². The van der Waals surface area contributed by atoms with Crippen LogP contribution in [0.25, 0.3) is 0 Å². The lowest BCUT2D eigenvalue weighted by Crippen LogP contribution is -2.44. The number of hydrogen-bond donors (Lipinski definition) is 1. The van der Waals surface area contributed by atoms with Crippen molar-refractivity contribution in [3.8, 4) is 0 Å². The van der Waals surface area contributed by atoms with Gasteiger partial charge in [0.2, 0.25) is 0 Å². The highest BCUT2D eigenvalue weighted by atomic mass is 16.5. The summed E-state index contributed by atoms with van der Waals surface area (Å²) in [7, 11) is 0. The van der Waals surface area contributed by atoms with Gasteiger partial charge in [0.15, 0.2) is 0 Å². The number of carbonyl (C=O) groups is 1. The third-order valence-corrected chi connectivity index (χ3v) is 4.68. The summed E-state index contributed by atoms with van der Waals surface area (Å²) in [5.74, 6) is -0.888. The summed E-state index contributed by atoms with van der Waals surface area (Å²) >= 11 is 0. The van der Waals surface area contributed by atoms with E-state index in [4.69, 9.17) is 9.84 Å². The van der Waals surface area contributed by atoms with Crippen molar-refractivity contribution in [1.82, 2.24) is 4.90 Å². The molecule has 1 heterocycles. The zero-order valence-corrected chi connectivity index (χ0v) is 14.1. The third kappa shape index (κ3) is 3.66. The summed E-state index contributed by atoms with van der Waals surface area (Å²) in [4.78, 5) is 13.4. The Hall–Kier alpha value is -2.17. The smallest absolute Gasteiger partial charge is 0.335 e. The van der Waals surface area contributed by atoms with Crippen molar-refractivity contribution in [3.63, 3.8) is 0 Å². The maximum atomic E-state index is 11.0. The number of aromatic carboxylic acids is 1. The Labute approximate surface area is 142 Å². The van der Waals surface area contributed by atoms with Gasteiger partial charge in [0.05, 0.1) is 18.3 Å². The zero-order chi connectivity index (χ0) is 17.1. The lowest BCUT2D eigenvalue weighted by Gasteiger charge is -2.38. The molecule has 4 nitrogen and oxygen atoms in total. The van der Waals surface area contributed by atoms with E-state index in [1.54, 1.807) is 12.1 Å². The monoisotopic (exact) mass is 325 g/mol. The molecular weight excluding hydrogens is 302 g/mol. The van der Waals surface area contributed by atoms with E-state index in [0.29, 0.717) is 18.2 Å². The molecule has 3 rings (SSSR count). The highest BCUT2D eigenvalue weighted by Crippen LogP contribution is 2.28. The molecular formula is C20H23NO3. The van der Waals surface area contributed by atoms with E-state index in [9.17, 15) is 4.79 Å². The van der Waals surface area contributed by atoms with Crippen LogP contribution in [-0.2, 0) is 11.3 Å². The van der Waals surface area contributed by atoms with Gasteiger partial charge in [0, 0.05) is 19.1 Å². The number of aryl methyl sites for hydroxylation is 1. The molecule has 2 unspecified atom stereocenters. The van der Waals surface area contributed by atoms with Crippen LogP contribution >= 0.6 is 0 Å². The van der Waals surface area contributed by atoms with Gasteiger partial charge in [-0.15, -0.1) is 0 Å². The second kappa shape index (κ2) is 7.16. The topological polar surface area (TPSA) is 49.8 Å². The number of nitrogens with zero attached hydrogens (tertiary/aromatic N) is 1. The highest BCUT2D eigenvalue weighted by molar-refractivity contribution is 5.87. The van der Waals surface area contributed by atoms with E-state index in [1.807, 2.05) is 18.2 Å². The average molecular weight is 325 g/mol. The summed E-state index contributed by atoms with van der Waals surface area (Å²) in [6, 6.07) is 15.8. The third-order valence-electron chi connectivity index (χ3n) is 4.68. The fraction of sp³-hybridized carbons (Fsp3) is 0.350. The van der Waals surface area contributed by atoms with Crippen LogP contribution in [0, 0.1) is 6.92 Å². The predicted molar refractivity (Wildman–Crippen MR) is 93.1 cm³/mol. The predicted octanol–water partition coefficient (Wildman–Crippen LogP) is 3.66. The summed E-state index contributed by atoms with van der Waals surface area (Å²) in [6.07, 6.45) is 0.0840. The maximum absolute atomic E-state index is 11.0. The molecule has 0 aliphatic carbocycles.